The summed E-state index contributed by atoms with van der Waals surface area (Å²) in [6.45, 7) is 0. The summed E-state index contributed by atoms with van der Waals surface area (Å²) in [6.07, 6.45) is 0. The molecule has 0 amide bonds. The SMILES string of the molecule is c1ccc(-c2ccccc2-c2ccc(N(c3cccc4c3ccc3ccccc34)c3ccc(-c4cccc5ccccc45)c4oc5ccccc5c34)cc2)cc1. The van der Waals surface area contributed by atoms with E-state index in [4.69, 9.17) is 4.42 Å². The van der Waals surface area contributed by atoms with Crippen molar-refractivity contribution in [3.63, 3.8) is 0 Å². The third-order valence-corrected chi connectivity index (χ3v) is 11.3. The molecule has 0 N–H and O–H groups in total. The second-order valence-electron chi connectivity index (χ2n) is 14.4. The first-order valence-electron chi connectivity index (χ1n) is 19.2. The van der Waals surface area contributed by atoms with Crippen LogP contribution in [0.2, 0.25) is 0 Å². The highest BCUT2D eigenvalue weighted by Gasteiger charge is 2.24. The average molecular weight is 714 g/mol. The fourth-order valence-corrected chi connectivity index (χ4v) is 8.69. The first kappa shape index (κ1) is 32.0. The number of para-hydroxylation sites is 1. The van der Waals surface area contributed by atoms with Crippen LogP contribution in [-0.2, 0) is 0 Å². The van der Waals surface area contributed by atoms with E-state index in [1.54, 1.807) is 0 Å². The highest BCUT2D eigenvalue weighted by atomic mass is 16.3. The van der Waals surface area contributed by atoms with Crippen LogP contribution in [-0.4, -0.2) is 0 Å². The van der Waals surface area contributed by atoms with Gasteiger partial charge in [0.2, 0.25) is 0 Å². The number of furan rings is 1. The summed E-state index contributed by atoms with van der Waals surface area (Å²) in [5, 5.41) is 9.46. The highest BCUT2D eigenvalue weighted by Crippen LogP contribution is 2.49. The molecule has 0 atom stereocenters. The second-order valence-corrected chi connectivity index (χ2v) is 14.4. The largest absolute Gasteiger partial charge is 0.455 e. The first-order valence-corrected chi connectivity index (χ1v) is 19.2. The minimum atomic E-state index is 0.869. The number of nitrogens with zero attached hydrogens (tertiary/aromatic N) is 1. The second kappa shape index (κ2) is 13.2. The predicted octanol–water partition coefficient (Wildman–Crippen LogP) is 15.5. The molecule has 0 spiro atoms. The molecular weight excluding hydrogens is 679 g/mol. The van der Waals surface area contributed by atoms with E-state index < -0.39 is 0 Å². The van der Waals surface area contributed by atoms with Gasteiger partial charge >= 0.3 is 0 Å². The molecule has 11 rings (SSSR count). The Kier molecular flexibility index (Phi) is 7.53. The summed E-state index contributed by atoms with van der Waals surface area (Å²) in [4.78, 5) is 2.43. The van der Waals surface area contributed by atoms with Gasteiger partial charge in [-0.05, 0) is 91.1 Å². The van der Waals surface area contributed by atoms with Crippen molar-refractivity contribution in [2.75, 3.05) is 4.90 Å². The van der Waals surface area contributed by atoms with E-state index in [2.05, 4.69) is 217 Å². The molecule has 262 valence electrons. The van der Waals surface area contributed by atoms with Crippen molar-refractivity contribution in [3.8, 4) is 33.4 Å². The monoisotopic (exact) mass is 713 g/mol. The molecule has 0 unspecified atom stereocenters. The lowest BCUT2D eigenvalue weighted by Gasteiger charge is -2.28. The Balaban J connectivity index is 1.18. The number of hydrogen-bond acceptors (Lipinski definition) is 2. The first-order chi connectivity index (χ1) is 27.8. The van der Waals surface area contributed by atoms with Gasteiger partial charge in [0, 0.05) is 22.0 Å². The Labute approximate surface area is 325 Å². The molecule has 2 nitrogen and oxygen atoms in total. The topological polar surface area (TPSA) is 16.4 Å². The molecule has 0 aliphatic carbocycles. The van der Waals surface area contributed by atoms with Gasteiger partial charge in [-0.3, -0.25) is 0 Å². The van der Waals surface area contributed by atoms with Crippen LogP contribution in [0.15, 0.2) is 217 Å². The number of anilines is 3. The Bertz CT molecular complexity index is 3240. The fourth-order valence-electron chi connectivity index (χ4n) is 8.69. The van der Waals surface area contributed by atoms with Crippen LogP contribution in [0.3, 0.4) is 0 Å². The maximum atomic E-state index is 6.90. The Hall–Kier alpha value is -7.42. The maximum Gasteiger partial charge on any atom is 0.145 e. The maximum absolute atomic E-state index is 6.90. The molecule has 1 aromatic heterocycles. The lowest BCUT2D eigenvalue weighted by atomic mass is 9.94. The molecule has 0 aliphatic heterocycles. The predicted molar refractivity (Wildman–Crippen MR) is 237 cm³/mol. The number of benzene rings is 10. The molecule has 0 bridgehead atoms. The molecular formula is C54H35NO. The molecule has 0 aliphatic rings. The Morgan fingerprint density at radius 2 is 0.893 bits per heavy atom. The van der Waals surface area contributed by atoms with E-state index in [1.165, 1.54) is 54.6 Å². The zero-order chi connectivity index (χ0) is 37.0. The number of rotatable bonds is 6. The molecule has 56 heavy (non-hydrogen) atoms. The van der Waals surface area contributed by atoms with Gasteiger partial charge in [-0.25, -0.2) is 0 Å². The molecule has 0 fully saturated rings. The third kappa shape index (κ3) is 5.19. The van der Waals surface area contributed by atoms with Gasteiger partial charge in [-0.2, -0.15) is 0 Å². The van der Waals surface area contributed by atoms with Crippen molar-refractivity contribution in [2.45, 2.75) is 0 Å². The van der Waals surface area contributed by atoms with E-state index in [-0.39, 0.29) is 0 Å². The Morgan fingerprint density at radius 1 is 0.304 bits per heavy atom. The third-order valence-electron chi connectivity index (χ3n) is 11.3. The minimum absolute atomic E-state index is 0.869. The van der Waals surface area contributed by atoms with E-state index in [1.807, 2.05) is 0 Å². The molecule has 2 heteroatoms. The van der Waals surface area contributed by atoms with E-state index >= 15 is 0 Å². The molecule has 1 heterocycles. The van der Waals surface area contributed by atoms with Crippen LogP contribution >= 0.6 is 0 Å². The summed E-state index contributed by atoms with van der Waals surface area (Å²) in [5.74, 6) is 0. The number of fused-ring (bicyclic) bond motifs is 7. The number of hydrogen-bond donors (Lipinski definition) is 0. The van der Waals surface area contributed by atoms with Crippen LogP contribution in [0, 0.1) is 0 Å². The molecule has 0 radical (unpaired) electrons. The van der Waals surface area contributed by atoms with Crippen LogP contribution < -0.4 is 4.90 Å². The van der Waals surface area contributed by atoms with Crippen LogP contribution in [0.25, 0.3) is 87.6 Å². The quantitative estimate of drug-likeness (QED) is 0.160. The van der Waals surface area contributed by atoms with Gasteiger partial charge in [-0.15, -0.1) is 0 Å². The summed E-state index contributed by atoms with van der Waals surface area (Å²) in [6, 6.07) is 76.4. The van der Waals surface area contributed by atoms with E-state index in [9.17, 15) is 0 Å². The lowest BCUT2D eigenvalue weighted by molar-refractivity contribution is 0.670. The van der Waals surface area contributed by atoms with Gasteiger partial charge in [0.15, 0.2) is 0 Å². The van der Waals surface area contributed by atoms with Crippen molar-refractivity contribution < 1.29 is 4.42 Å². The molecule has 10 aromatic carbocycles. The molecule has 0 saturated heterocycles. The zero-order valence-electron chi connectivity index (χ0n) is 30.6. The zero-order valence-corrected chi connectivity index (χ0v) is 30.6. The molecule has 0 saturated carbocycles. The van der Waals surface area contributed by atoms with Gasteiger partial charge in [0.1, 0.15) is 11.2 Å². The minimum Gasteiger partial charge on any atom is -0.455 e. The van der Waals surface area contributed by atoms with Crippen LogP contribution in [0.5, 0.6) is 0 Å². The standard InChI is InChI=1S/C54H35NO/c1-2-14-36(15-3-1)41-19-8-9-20-42(41)39-28-31-40(32-29-39)55(50-26-13-25-45-44-22-7-5-17-38(44)30-33-47(45)50)51-35-34-48(46-24-12-18-37-16-4-6-21-43(37)46)54-53(51)49-23-10-11-27-52(49)56-54/h1-35H. The average Bonchev–Trinajstić information content (AvgIpc) is 3.67. The molecule has 11 aromatic rings. The van der Waals surface area contributed by atoms with Crippen LogP contribution in [0.1, 0.15) is 0 Å². The van der Waals surface area contributed by atoms with Crippen molar-refractivity contribution in [3.05, 3.63) is 212 Å². The van der Waals surface area contributed by atoms with E-state index in [0.29, 0.717) is 0 Å². The van der Waals surface area contributed by atoms with Gasteiger partial charge in [-0.1, -0.05) is 176 Å². The Morgan fingerprint density at radius 3 is 1.70 bits per heavy atom. The van der Waals surface area contributed by atoms with Gasteiger partial charge in [0.05, 0.1) is 16.8 Å². The summed E-state index contributed by atoms with van der Waals surface area (Å²) >= 11 is 0. The van der Waals surface area contributed by atoms with Gasteiger partial charge < -0.3 is 9.32 Å². The highest BCUT2D eigenvalue weighted by molar-refractivity contribution is 6.20. The summed E-state index contributed by atoms with van der Waals surface area (Å²) in [7, 11) is 0. The van der Waals surface area contributed by atoms with Crippen molar-refractivity contribution in [1.29, 1.82) is 0 Å². The van der Waals surface area contributed by atoms with Crippen molar-refractivity contribution >= 4 is 71.3 Å². The lowest BCUT2D eigenvalue weighted by Crippen LogP contribution is -2.11. The smallest absolute Gasteiger partial charge is 0.145 e. The van der Waals surface area contributed by atoms with Crippen LogP contribution in [0.4, 0.5) is 17.1 Å². The summed E-state index contributed by atoms with van der Waals surface area (Å²) < 4.78 is 6.90. The van der Waals surface area contributed by atoms with E-state index in [0.717, 1.165) is 50.1 Å². The van der Waals surface area contributed by atoms with Crippen molar-refractivity contribution in [1.82, 2.24) is 0 Å². The van der Waals surface area contributed by atoms with Crippen molar-refractivity contribution in [2.24, 2.45) is 0 Å². The fraction of sp³-hybridized carbons (Fsp3) is 0. The normalized spacial score (nSPS) is 11.6. The van der Waals surface area contributed by atoms with Gasteiger partial charge in [0.25, 0.3) is 0 Å². The summed E-state index contributed by atoms with van der Waals surface area (Å²) in [5.41, 5.74) is 12.0.